The predicted octanol–water partition coefficient (Wildman–Crippen LogP) is 6.51. The van der Waals surface area contributed by atoms with E-state index in [2.05, 4.69) is 27.4 Å². The van der Waals surface area contributed by atoms with Crippen LogP contribution >= 0.6 is 0 Å². The summed E-state index contributed by atoms with van der Waals surface area (Å²) in [5.74, 6) is 1.06. The highest BCUT2D eigenvalue weighted by Gasteiger charge is 2.21. The van der Waals surface area contributed by atoms with Crippen molar-refractivity contribution in [1.29, 1.82) is 0 Å². The summed E-state index contributed by atoms with van der Waals surface area (Å²) >= 11 is 0. The van der Waals surface area contributed by atoms with Gasteiger partial charge in [-0.2, -0.15) is 0 Å². The lowest BCUT2D eigenvalue weighted by molar-refractivity contribution is 0.260. The monoisotopic (exact) mass is 250 g/mol. The van der Waals surface area contributed by atoms with E-state index in [9.17, 15) is 0 Å². The molecular formula is C18H34. The molecule has 0 aromatic rings. The zero-order valence-electron chi connectivity index (χ0n) is 13.1. The van der Waals surface area contributed by atoms with E-state index in [1.165, 1.54) is 76.2 Å². The smallest absolute Gasteiger partial charge is 0.0272 e. The van der Waals surface area contributed by atoms with Gasteiger partial charge in [-0.3, -0.25) is 0 Å². The molecule has 0 amide bonds. The molecule has 106 valence electrons. The molecule has 0 radical (unpaired) electrons. The molecule has 0 spiro atoms. The van der Waals surface area contributed by atoms with Crippen LogP contribution in [0.15, 0.2) is 12.2 Å². The van der Waals surface area contributed by atoms with Crippen LogP contribution in [0, 0.1) is 11.3 Å². The average molecular weight is 250 g/mol. The topological polar surface area (TPSA) is 0 Å². The van der Waals surface area contributed by atoms with Crippen LogP contribution in [0.5, 0.6) is 0 Å². The zero-order chi connectivity index (χ0) is 13.4. The van der Waals surface area contributed by atoms with E-state index >= 15 is 0 Å². The molecule has 0 heteroatoms. The Morgan fingerprint density at radius 2 is 1.83 bits per heavy atom. The molecule has 0 nitrogen and oxygen atoms in total. The van der Waals surface area contributed by atoms with Crippen molar-refractivity contribution in [2.75, 3.05) is 0 Å². The van der Waals surface area contributed by atoms with E-state index in [4.69, 9.17) is 0 Å². The number of rotatable bonds is 8. The van der Waals surface area contributed by atoms with Crippen LogP contribution in [-0.2, 0) is 0 Å². The number of hydrogen-bond donors (Lipinski definition) is 0. The van der Waals surface area contributed by atoms with Gasteiger partial charge in [0, 0.05) is 0 Å². The van der Waals surface area contributed by atoms with Gasteiger partial charge in [0.2, 0.25) is 0 Å². The highest BCUT2D eigenvalue weighted by atomic mass is 14.3. The summed E-state index contributed by atoms with van der Waals surface area (Å²) in [7, 11) is 0. The molecule has 1 fully saturated rings. The third-order valence-electron chi connectivity index (χ3n) is 4.95. The maximum atomic E-state index is 4.09. The Hall–Kier alpha value is -0.260. The van der Waals surface area contributed by atoms with Gasteiger partial charge in [-0.1, -0.05) is 77.2 Å². The van der Waals surface area contributed by atoms with E-state index in [-0.39, 0.29) is 0 Å². The molecular weight excluding hydrogens is 216 g/mol. The summed E-state index contributed by atoms with van der Waals surface area (Å²) in [5, 5.41) is 0. The highest BCUT2D eigenvalue weighted by Crippen LogP contribution is 2.35. The second kappa shape index (κ2) is 8.02. The fourth-order valence-corrected chi connectivity index (χ4v) is 3.58. The lowest BCUT2D eigenvalue weighted by Gasteiger charge is -2.29. The average Bonchev–Trinajstić information content (AvgIpc) is 2.35. The Bertz CT molecular complexity index is 234. The van der Waals surface area contributed by atoms with Crippen molar-refractivity contribution >= 4 is 0 Å². The standard InChI is InChI=1S/C18H34/c1-5-18(4,15-16(2)3)14-10-9-13-17-11-7-6-8-12-17/h17H,2,5-15H2,1,3-4H3. The lowest BCUT2D eigenvalue weighted by Crippen LogP contribution is -2.15. The molecule has 1 atom stereocenters. The minimum Gasteiger partial charge on any atom is -0.100 e. The van der Waals surface area contributed by atoms with E-state index in [0.29, 0.717) is 5.41 Å². The van der Waals surface area contributed by atoms with Gasteiger partial charge in [0.25, 0.3) is 0 Å². The first-order valence-electron chi connectivity index (χ1n) is 8.20. The summed E-state index contributed by atoms with van der Waals surface area (Å²) in [6.45, 7) is 11.1. The van der Waals surface area contributed by atoms with Gasteiger partial charge in [-0.15, -0.1) is 6.58 Å². The van der Waals surface area contributed by atoms with Gasteiger partial charge in [-0.25, -0.2) is 0 Å². The molecule has 1 rings (SSSR count). The van der Waals surface area contributed by atoms with Crippen molar-refractivity contribution in [3.8, 4) is 0 Å². The molecule has 1 aliphatic rings. The van der Waals surface area contributed by atoms with E-state index < -0.39 is 0 Å². The Morgan fingerprint density at radius 3 is 2.39 bits per heavy atom. The predicted molar refractivity (Wildman–Crippen MR) is 82.9 cm³/mol. The van der Waals surface area contributed by atoms with Gasteiger partial charge < -0.3 is 0 Å². The SMILES string of the molecule is C=C(C)CC(C)(CC)CCCCC1CCCCC1. The quantitative estimate of drug-likeness (QED) is 0.340. The Labute approximate surface area is 115 Å². The van der Waals surface area contributed by atoms with Gasteiger partial charge in [0.15, 0.2) is 0 Å². The maximum absolute atomic E-state index is 4.09. The van der Waals surface area contributed by atoms with E-state index in [1.54, 1.807) is 0 Å². The Kier molecular flexibility index (Phi) is 7.04. The first kappa shape index (κ1) is 15.8. The molecule has 1 aliphatic carbocycles. The van der Waals surface area contributed by atoms with Crippen LogP contribution in [0.25, 0.3) is 0 Å². The molecule has 0 aliphatic heterocycles. The third kappa shape index (κ3) is 6.07. The largest absolute Gasteiger partial charge is 0.100 e. The number of unbranched alkanes of at least 4 members (excludes halogenated alkanes) is 1. The fourth-order valence-electron chi connectivity index (χ4n) is 3.58. The first-order valence-corrected chi connectivity index (χ1v) is 8.20. The van der Waals surface area contributed by atoms with Crippen molar-refractivity contribution in [3.63, 3.8) is 0 Å². The molecule has 1 unspecified atom stereocenters. The summed E-state index contributed by atoms with van der Waals surface area (Å²) in [5.41, 5.74) is 1.87. The fraction of sp³-hybridized carbons (Fsp3) is 0.889. The molecule has 0 N–H and O–H groups in total. The van der Waals surface area contributed by atoms with Gasteiger partial charge in [0.05, 0.1) is 0 Å². The van der Waals surface area contributed by atoms with E-state index in [1.807, 2.05) is 0 Å². The van der Waals surface area contributed by atoms with Crippen LogP contribution in [0.4, 0.5) is 0 Å². The van der Waals surface area contributed by atoms with Crippen LogP contribution in [-0.4, -0.2) is 0 Å². The lowest BCUT2D eigenvalue weighted by atomic mass is 9.77. The normalized spacial score (nSPS) is 20.6. The summed E-state index contributed by atoms with van der Waals surface area (Å²) in [6, 6.07) is 0. The van der Waals surface area contributed by atoms with Gasteiger partial charge >= 0.3 is 0 Å². The highest BCUT2D eigenvalue weighted by molar-refractivity contribution is 4.94. The Balaban J connectivity index is 2.16. The molecule has 0 heterocycles. The Morgan fingerprint density at radius 1 is 1.17 bits per heavy atom. The van der Waals surface area contributed by atoms with Gasteiger partial charge in [0.1, 0.15) is 0 Å². The molecule has 0 aromatic heterocycles. The second-order valence-electron chi connectivity index (χ2n) is 7.05. The van der Waals surface area contributed by atoms with Crippen molar-refractivity contribution in [1.82, 2.24) is 0 Å². The second-order valence-corrected chi connectivity index (χ2v) is 7.05. The van der Waals surface area contributed by atoms with Crippen LogP contribution in [0.1, 0.15) is 91.4 Å². The molecule has 18 heavy (non-hydrogen) atoms. The minimum absolute atomic E-state index is 0.512. The maximum Gasteiger partial charge on any atom is -0.0272 e. The molecule has 0 bridgehead atoms. The zero-order valence-corrected chi connectivity index (χ0v) is 13.1. The van der Waals surface area contributed by atoms with Crippen LogP contribution in [0.3, 0.4) is 0 Å². The van der Waals surface area contributed by atoms with Crippen molar-refractivity contribution < 1.29 is 0 Å². The first-order chi connectivity index (χ1) is 8.56. The van der Waals surface area contributed by atoms with Gasteiger partial charge in [-0.05, 0) is 31.1 Å². The van der Waals surface area contributed by atoms with E-state index in [0.717, 1.165) is 5.92 Å². The summed E-state index contributed by atoms with van der Waals surface area (Å²) in [6.07, 6.45) is 15.8. The summed E-state index contributed by atoms with van der Waals surface area (Å²) < 4.78 is 0. The van der Waals surface area contributed by atoms with Crippen molar-refractivity contribution in [2.24, 2.45) is 11.3 Å². The van der Waals surface area contributed by atoms with Crippen LogP contribution in [0.2, 0.25) is 0 Å². The number of allylic oxidation sites excluding steroid dienone is 1. The minimum atomic E-state index is 0.512. The molecule has 0 saturated heterocycles. The van der Waals surface area contributed by atoms with Crippen LogP contribution < -0.4 is 0 Å². The molecule has 0 aromatic carbocycles. The summed E-state index contributed by atoms with van der Waals surface area (Å²) in [4.78, 5) is 0. The number of hydrogen-bond acceptors (Lipinski definition) is 0. The van der Waals surface area contributed by atoms with Crippen molar-refractivity contribution in [2.45, 2.75) is 91.4 Å². The third-order valence-corrected chi connectivity index (χ3v) is 4.95. The molecule has 1 saturated carbocycles. The van der Waals surface area contributed by atoms with Crippen molar-refractivity contribution in [3.05, 3.63) is 12.2 Å².